The van der Waals surface area contributed by atoms with Gasteiger partial charge in [-0.05, 0) is 51.8 Å². The van der Waals surface area contributed by atoms with Crippen molar-refractivity contribution in [2.45, 2.75) is 52.7 Å². The molecule has 0 radical (unpaired) electrons. The van der Waals surface area contributed by atoms with E-state index in [-0.39, 0.29) is 12.1 Å². The van der Waals surface area contributed by atoms with Gasteiger partial charge in [0.1, 0.15) is 5.60 Å². The second kappa shape index (κ2) is 8.73. The number of hydrogen-bond donors (Lipinski definition) is 1. The molecule has 5 nitrogen and oxygen atoms in total. The average molecular weight is 307 g/mol. The number of ether oxygens (including phenoxy) is 1. The second-order valence-corrected chi connectivity index (χ2v) is 6.42. The van der Waals surface area contributed by atoms with Gasteiger partial charge in [-0.25, -0.2) is 4.79 Å². The van der Waals surface area contributed by atoms with Crippen molar-refractivity contribution in [3.05, 3.63) is 30.1 Å². The zero-order chi connectivity index (χ0) is 16.6. The van der Waals surface area contributed by atoms with Crippen LogP contribution in [0.4, 0.5) is 4.79 Å². The minimum absolute atomic E-state index is 0.227. The van der Waals surface area contributed by atoms with Crippen molar-refractivity contribution < 1.29 is 9.53 Å². The lowest BCUT2D eigenvalue weighted by molar-refractivity contribution is 0.0251. The molecule has 1 N–H and O–H groups in total. The Bertz CT molecular complexity index is 443. The maximum atomic E-state index is 12.2. The van der Waals surface area contributed by atoms with Crippen molar-refractivity contribution in [1.29, 1.82) is 0 Å². The van der Waals surface area contributed by atoms with Crippen molar-refractivity contribution in [1.82, 2.24) is 15.2 Å². The van der Waals surface area contributed by atoms with Gasteiger partial charge in [0.15, 0.2) is 0 Å². The zero-order valence-electron chi connectivity index (χ0n) is 14.4. The summed E-state index contributed by atoms with van der Waals surface area (Å²) < 4.78 is 5.45. The van der Waals surface area contributed by atoms with Crippen molar-refractivity contribution in [2.24, 2.45) is 0 Å². The highest BCUT2D eigenvalue weighted by Gasteiger charge is 2.21. The summed E-state index contributed by atoms with van der Waals surface area (Å²) in [6, 6.07) is 4.22. The van der Waals surface area contributed by atoms with Crippen molar-refractivity contribution in [2.75, 3.05) is 19.6 Å². The predicted molar refractivity (Wildman–Crippen MR) is 88.8 cm³/mol. The Morgan fingerprint density at radius 3 is 2.50 bits per heavy atom. The Hall–Kier alpha value is -1.62. The molecule has 0 aromatic carbocycles. The van der Waals surface area contributed by atoms with Crippen LogP contribution in [-0.2, 0) is 4.74 Å². The van der Waals surface area contributed by atoms with Crippen molar-refractivity contribution in [3.8, 4) is 0 Å². The van der Waals surface area contributed by atoms with E-state index < -0.39 is 5.60 Å². The van der Waals surface area contributed by atoms with Gasteiger partial charge in [0.25, 0.3) is 0 Å². The smallest absolute Gasteiger partial charge is 0.410 e. The lowest BCUT2D eigenvalue weighted by atomic mass is 10.1. The lowest BCUT2D eigenvalue weighted by Crippen LogP contribution is -2.41. The summed E-state index contributed by atoms with van der Waals surface area (Å²) in [7, 11) is 0. The van der Waals surface area contributed by atoms with Crippen LogP contribution in [0.2, 0.25) is 0 Å². The number of rotatable bonds is 7. The topological polar surface area (TPSA) is 54.5 Å². The Morgan fingerprint density at radius 1 is 1.32 bits per heavy atom. The molecule has 5 heteroatoms. The second-order valence-electron chi connectivity index (χ2n) is 6.42. The van der Waals surface area contributed by atoms with Crippen molar-refractivity contribution in [3.63, 3.8) is 0 Å². The highest BCUT2D eigenvalue weighted by Crippen LogP contribution is 2.11. The van der Waals surface area contributed by atoms with Gasteiger partial charge in [-0.3, -0.25) is 4.98 Å². The first-order valence-electron chi connectivity index (χ1n) is 7.94. The highest BCUT2D eigenvalue weighted by molar-refractivity contribution is 5.68. The number of hydrogen-bond acceptors (Lipinski definition) is 4. The fourth-order valence-electron chi connectivity index (χ4n) is 2.08. The summed E-state index contributed by atoms with van der Waals surface area (Å²) in [4.78, 5) is 17.9. The fourth-order valence-corrected chi connectivity index (χ4v) is 2.08. The minimum atomic E-state index is -0.458. The predicted octanol–water partition coefficient (Wildman–Crippen LogP) is 3.38. The maximum absolute atomic E-state index is 12.2. The van der Waals surface area contributed by atoms with Gasteiger partial charge in [0.2, 0.25) is 0 Å². The van der Waals surface area contributed by atoms with Crippen LogP contribution in [0.25, 0.3) is 0 Å². The third-order valence-corrected chi connectivity index (χ3v) is 3.18. The first-order valence-corrected chi connectivity index (χ1v) is 7.94. The Kier molecular flexibility index (Phi) is 7.32. The first kappa shape index (κ1) is 18.4. The molecule has 0 aliphatic rings. The molecule has 0 spiro atoms. The molecule has 1 aromatic heterocycles. The summed E-state index contributed by atoms with van der Waals surface area (Å²) in [5.41, 5.74) is 0.732. The third-order valence-electron chi connectivity index (χ3n) is 3.18. The van der Waals surface area contributed by atoms with Crippen LogP contribution in [-0.4, -0.2) is 41.2 Å². The van der Waals surface area contributed by atoms with E-state index in [1.807, 2.05) is 32.9 Å². The molecule has 1 heterocycles. The molecule has 22 heavy (non-hydrogen) atoms. The molecule has 0 saturated heterocycles. The van der Waals surface area contributed by atoms with E-state index in [0.717, 1.165) is 13.0 Å². The Balaban J connectivity index is 2.46. The average Bonchev–Trinajstić information content (AvgIpc) is 2.45. The monoisotopic (exact) mass is 307 g/mol. The summed E-state index contributed by atoms with van der Waals surface area (Å²) in [5, 5.41) is 3.43. The van der Waals surface area contributed by atoms with Crippen LogP contribution in [0.15, 0.2) is 24.5 Å². The summed E-state index contributed by atoms with van der Waals surface area (Å²) in [6.45, 7) is 11.9. The summed E-state index contributed by atoms with van der Waals surface area (Å²) in [6.07, 6.45) is 4.25. The van der Waals surface area contributed by atoms with Crippen LogP contribution in [0.1, 0.15) is 52.6 Å². The van der Waals surface area contributed by atoms with Gasteiger partial charge < -0.3 is 15.0 Å². The third kappa shape index (κ3) is 6.89. The normalized spacial score (nSPS) is 12.8. The van der Waals surface area contributed by atoms with Crippen molar-refractivity contribution >= 4 is 6.09 Å². The van der Waals surface area contributed by atoms with Gasteiger partial charge in [-0.1, -0.05) is 6.92 Å². The number of nitrogens with one attached hydrogen (secondary N) is 1. The molecule has 1 amide bonds. The van der Waals surface area contributed by atoms with Crippen LogP contribution < -0.4 is 5.32 Å². The van der Waals surface area contributed by atoms with E-state index in [0.29, 0.717) is 13.1 Å². The maximum Gasteiger partial charge on any atom is 0.410 e. The standard InChI is InChI=1S/C17H29N3O2/c1-6-12-20(16(21)22-17(3,4)5)13-11-19-14(2)15-7-9-18-10-8-15/h7-10,14,19H,6,11-13H2,1-5H3. The molecule has 0 saturated carbocycles. The van der Waals surface area contributed by atoms with Crippen LogP contribution in [0.3, 0.4) is 0 Å². The van der Waals surface area contributed by atoms with Gasteiger partial charge in [0.05, 0.1) is 0 Å². The quantitative estimate of drug-likeness (QED) is 0.839. The Labute approximate surface area is 134 Å². The van der Waals surface area contributed by atoms with Gasteiger partial charge >= 0.3 is 6.09 Å². The van der Waals surface area contributed by atoms with E-state index in [4.69, 9.17) is 4.74 Å². The largest absolute Gasteiger partial charge is 0.444 e. The minimum Gasteiger partial charge on any atom is -0.444 e. The Morgan fingerprint density at radius 2 is 1.95 bits per heavy atom. The summed E-state index contributed by atoms with van der Waals surface area (Å²) in [5.74, 6) is 0. The molecule has 1 aromatic rings. The van der Waals surface area contributed by atoms with Gasteiger partial charge in [-0.15, -0.1) is 0 Å². The van der Waals surface area contributed by atoms with E-state index in [2.05, 4.69) is 24.1 Å². The van der Waals surface area contributed by atoms with E-state index in [9.17, 15) is 4.79 Å². The molecule has 1 atom stereocenters. The lowest BCUT2D eigenvalue weighted by Gasteiger charge is -2.27. The molecule has 0 fully saturated rings. The number of carbonyl (C=O) groups is 1. The number of nitrogens with zero attached hydrogens (tertiary/aromatic N) is 2. The van der Waals surface area contributed by atoms with Gasteiger partial charge in [-0.2, -0.15) is 0 Å². The zero-order valence-corrected chi connectivity index (χ0v) is 14.4. The van der Waals surface area contributed by atoms with Crippen LogP contribution in [0, 0.1) is 0 Å². The number of pyridine rings is 1. The summed E-state index contributed by atoms with van der Waals surface area (Å²) >= 11 is 0. The molecule has 124 valence electrons. The number of aromatic nitrogens is 1. The molecule has 0 aliphatic heterocycles. The number of carbonyl (C=O) groups excluding carboxylic acids is 1. The van der Waals surface area contributed by atoms with Gasteiger partial charge in [0, 0.05) is 38.1 Å². The molecule has 0 aliphatic carbocycles. The SMILES string of the molecule is CCCN(CCNC(C)c1ccncc1)C(=O)OC(C)(C)C. The first-order chi connectivity index (χ1) is 10.3. The molecule has 1 rings (SSSR count). The fraction of sp³-hybridized carbons (Fsp3) is 0.647. The van der Waals surface area contributed by atoms with Crippen LogP contribution >= 0.6 is 0 Å². The van der Waals surface area contributed by atoms with E-state index in [1.165, 1.54) is 5.56 Å². The van der Waals surface area contributed by atoms with Crippen LogP contribution in [0.5, 0.6) is 0 Å². The van der Waals surface area contributed by atoms with E-state index in [1.54, 1.807) is 17.3 Å². The highest BCUT2D eigenvalue weighted by atomic mass is 16.6. The molecule has 0 bridgehead atoms. The molecular formula is C17H29N3O2. The van der Waals surface area contributed by atoms with E-state index >= 15 is 0 Å². The molecular weight excluding hydrogens is 278 g/mol. The number of amides is 1. The molecule has 1 unspecified atom stereocenters.